The summed E-state index contributed by atoms with van der Waals surface area (Å²) in [5, 5.41) is 17.3. The van der Waals surface area contributed by atoms with Crippen LogP contribution < -0.4 is 9.47 Å². The maximum absolute atomic E-state index is 10.4. The number of aromatic nitrogens is 2. The molecule has 1 saturated heterocycles. The van der Waals surface area contributed by atoms with Crippen LogP contribution in [0.1, 0.15) is 30.5 Å². The fourth-order valence-electron chi connectivity index (χ4n) is 3.64. The van der Waals surface area contributed by atoms with Gasteiger partial charge in [0.15, 0.2) is 11.5 Å². The van der Waals surface area contributed by atoms with Crippen LogP contribution in [0.2, 0.25) is 0 Å². The molecule has 1 aliphatic rings. The lowest BCUT2D eigenvalue weighted by molar-refractivity contribution is 0.0608. The fraction of sp³-hybridized carbons (Fsp3) is 0.571. The van der Waals surface area contributed by atoms with E-state index in [1.54, 1.807) is 13.3 Å². The zero-order valence-electron chi connectivity index (χ0n) is 16.9. The van der Waals surface area contributed by atoms with Gasteiger partial charge < -0.3 is 19.5 Å². The quantitative estimate of drug-likeness (QED) is 0.651. The van der Waals surface area contributed by atoms with E-state index >= 15 is 0 Å². The third kappa shape index (κ3) is 6.22. The molecule has 154 valence electrons. The number of H-pyrrole nitrogens is 1. The summed E-state index contributed by atoms with van der Waals surface area (Å²) in [4.78, 5) is 4.51. The molecule has 1 atom stereocenters. The predicted octanol–water partition coefficient (Wildman–Crippen LogP) is 2.28. The highest BCUT2D eigenvalue weighted by molar-refractivity contribution is 5.43. The lowest BCUT2D eigenvalue weighted by Gasteiger charge is -2.28. The summed E-state index contributed by atoms with van der Waals surface area (Å²) in [7, 11) is 3.70. The topological polar surface area (TPSA) is 73.8 Å². The number of β-amino-alcohol motifs (C(OH)–C–C–N with tert-alkyl or cyclic N) is 1. The molecule has 0 saturated carbocycles. The molecule has 0 radical (unpaired) electrons. The molecule has 1 aromatic heterocycles. The maximum Gasteiger partial charge on any atom is 0.161 e. The summed E-state index contributed by atoms with van der Waals surface area (Å²) in [6.45, 7) is 4.62. The lowest BCUT2D eigenvalue weighted by Crippen LogP contribution is -2.38. The van der Waals surface area contributed by atoms with Crippen molar-refractivity contribution in [2.45, 2.75) is 38.5 Å². The number of aliphatic hydroxyl groups is 1. The van der Waals surface area contributed by atoms with E-state index in [-0.39, 0.29) is 6.61 Å². The van der Waals surface area contributed by atoms with E-state index in [2.05, 4.69) is 27.0 Å². The van der Waals surface area contributed by atoms with Crippen molar-refractivity contribution < 1.29 is 14.6 Å². The van der Waals surface area contributed by atoms with Gasteiger partial charge >= 0.3 is 0 Å². The van der Waals surface area contributed by atoms with Crippen LogP contribution in [0.15, 0.2) is 30.5 Å². The number of nitrogens with one attached hydrogen (secondary N) is 1. The number of ether oxygens (including phenoxy) is 2. The molecular formula is C21H32N4O3. The third-order valence-electron chi connectivity index (χ3n) is 5.03. The minimum Gasteiger partial charge on any atom is -0.493 e. The van der Waals surface area contributed by atoms with Gasteiger partial charge in [0.2, 0.25) is 0 Å². The van der Waals surface area contributed by atoms with Gasteiger partial charge in [-0.3, -0.25) is 10.00 Å². The average Bonchev–Trinajstić information content (AvgIpc) is 3.20. The molecule has 7 nitrogen and oxygen atoms in total. The third-order valence-corrected chi connectivity index (χ3v) is 5.03. The zero-order valence-corrected chi connectivity index (χ0v) is 16.9. The Labute approximate surface area is 167 Å². The summed E-state index contributed by atoms with van der Waals surface area (Å²) < 4.78 is 11.4. The van der Waals surface area contributed by atoms with E-state index in [0.29, 0.717) is 18.0 Å². The number of hydrogen-bond donors (Lipinski definition) is 2. The molecule has 0 unspecified atom stereocenters. The van der Waals surface area contributed by atoms with Crippen LogP contribution in [0.25, 0.3) is 0 Å². The summed E-state index contributed by atoms with van der Waals surface area (Å²) in [6, 6.07) is 7.93. The van der Waals surface area contributed by atoms with Crippen molar-refractivity contribution in [1.29, 1.82) is 0 Å². The first-order valence-electron chi connectivity index (χ1n) is 10.0. The van der Waals surface area contributed by atoms with Gasteiger partial charge in [-0.1, -0.05) is 12.5 Å². The second kappa shape index (κ2) is 10.5. The highest BCUT2D eigenvalue weighted by atomic mass is 16.5. The maximum atomic E-state index is 10.4. The molecular weight excluding hydrogens is 356 g/mol. The Balaban J connectivity index is 1.54. The van der Waals surface area contributed by atoms with Crippen molar-refractivity contribution in [3.05, 3.63) is 41.7 Å². The van der Waals surface area contributed by atoms with Crippen LogP contribution in [0.3, 0.4) is 0 Å². The molecule has 1 aliphatic heterocycles. The van der Waals surface area contributed by atoms with Gasteiger partial charge in [-0.05, 0) is 56.7 Å². The first-order chi connectivity index (χ1) is 13.6. The van der Waals surface area contributed by atoms with E-state index < -0.39 is 6.10 Å². The van der Waals surface area contributed by atoms with E-state index in [1.807, 2.05) is 24.3 Å². The first kappa shape index (κ1) is 20.6. The fourth-order valence-corrected chi connectivity index (χ4v) is 3.64. The van der Waals surface area contributed by atoms with Gasteiger partial charge in [0.25, 0.3) is 0 Å². The molecule has 0 bridgehead atoms. The molecule has 1 aromatic carbocycles. The molecule has 0 aliphatic carbocycles. The Hall–Kier alpha value is -2.09. The number of hydrogen-bond acceptors (Lipinski definition) is 6. The van der Waals surface area contributed by atoms with Crippen molar-refractivity contribution in [2.75, 3.05) is 40.4 Å². The number of aliphatic hydroxyl groups excluding tert-OH is 1. The normalized spacial score (nSPS) is 16.3. The standard InChI is InChI=1S/C21H32N4O3/c1-24(14-18-8-9-22-23-18)13-17-6-7-20(27-2)21(12-17)28-16-19(26)15-25-10-4-3-5-11-25/h6-9,12,19,26H,3-5,10-11,13-16H2,1-2H3,(H,22,23)/t19-/m1/s1. The van der Waals surface area contributed by atoms with Crippen LogP contribution in [0.5, 0.6) is 11.5 Å². The molecule has 1 fully saturated rings. The van der Waals surface area contributed by atoms with Crippen molar-refractivity contribution in [3.63, 3.8) is 0 Å². The Morgan fingerprint density at radius 3 is 2.71 bits per heavy atom. The number of rotatable bonds is 10. The van der Waals surface area contributed by atoms with Crippen LogP contribution >= 0.6 is 0 Å². The largest absolute Gasteiger partial charge is 0.493 e. The van der Waals surface area contributed by atoms with Gasteiger partial charge in [0.1, 0.15) is 12.7 Å². The number of benzene rings is 1. The summed E-state index contributed by atoms with van der Waals surface area (Å²) >= 11 is 0. The minimum atomic E-state index is -0.505. The minimum absolute atomic E-state index is 0.264. The number of methoxy groups -OCH3 is 1. The number of likely N-dealkylation sites (tertiary alicyclic amines) is 1. The summed E-state index contributed by atoms with van der Waals surface area (Å²) in [6.07, 6.45) is 4.99. The van der Waals surface area contributed by atoms with Crippen LogP contribution in [0, 0.1) is 0 Å². The van der Waals surface area contributed by atoms with Crippen LogP contribution in [-0.2, 0) is 13.1 Å². The zero-order chi connectivity index (χ0) is 19.8. The Bertz CT molecular complexity index is 702. The summed E-state index contributed by atoms with van der Waals surface area (Å²) in [5.41, 5.74) is 2.21. The predicted molar refractivity (Wildman–Crippen MR) is 109 cm³/mol. The Morgan fingerprint density at radius 1 is 1.18 bits per heavy atom. The molecule has 2 N–H and O–H groups in total. The van der Waals surface area contributed by atoms with Gasteiger partial charge in [-0.2, -0.15) is 5.10 Å². The lowest BCUT2D eigenvalue weighted by atomic mass is 10.1. The average molecular weight is 389 g/mol. The van der Waals surface area contributed by atoms with Crippen LogP contribution in [0.4, 0.5) is 0 Å². The van der Waals surface area contributed by atoms with Crippen molar-refractivity contribution in [1.82, 2.24) is 20.0 Å². The second-order valence-electron chi connectivity index (χ2n) is 7.57. The highest BCUT2D eigenvalue weighted by Crippen LogP contribution is 2.29. The van der Waals surface area contributed by atoms with E-state index in [4.69, 9.17) is 9.47 Å². The molecule has 7 heteroatoms. The monoisotopic (exact) mass is 388 g/mol. The second-order valence-corrected chi connectivity index (χ2v) is 7.57. The molecule has 0 spiro atoms. The van der Waals surface area contributed by atoms with E-state index in [1.165, 1.54) is 19.3 Å². The molecule has 0 amide bonds. The van der Waals surface area contributed by atoms with Gasteiger partial charge in [0.05, 0.1) is 7.11 Å². The van der Waals surface area contributed by atoms with Gasteiger partial charge in [-0.25, -0.2) is 0 Å². The number of piperidine rings is 1. The van der Waals surface area contributed by atoms with Gasteiger partial charge in [0, 0.05) is 31.5 Å². The number of aromatic amines is 1. The number of nitrogens with zero attached hydrogens (tertiary/aromatic N) is 3. The molecule has 2 aromatic rings. The van der Waals surface area contributed by atoms with E-state index in [9.17, 15) is 5.11 Å². The first-order valence-corrected chi connectivity index (χ1v) is 10.0. The van der Waals surface area contributed by atoms with Crippen molar-refractivity contribution in [2.24, 2.45) is 0 Å². The van der Waals surface area contributed by atoms with E-state index in [0.717, 1.165) is 37.4 Å². The Morgan fingerprint density at radius 2 is 2.00 bits per heavy atom. The highest BCUT2D eigenvalue weighted by Gasteiger charge is 2.16. The SMILES string of the molecule is COc1ccc(CN(C)Cc2ccn[nH]2)cc1OC[C@H](O)CN1CCCCC1. The molecule has 3 rings (SSSR count). The molecule has 28 heavy (non-hydrogen) atoms. The van der Waals surface area contributed by atoms with Crippen molar-refractivity contribution >= 4 is 0 Å². The molecule has 2 heterocycles. The Kier molecular flexibility index (Phi) is 7.71. The summed E-state index contributed by atoms with van der Waals surface area (Å²) in [5.74, 6) is 1.36. The van der Waals surface area contributed by atoms with Crippen molar-refractivity contribution in [3.8, 4) is 11.5 Å². The van der Waals surface area contributed by atoms with Crippen LogP contribution in [-0.4, -0.2) is 71.6 Å². The smallest absolute Gasteiger partial charge is 0.161 e. The van der Waals surface area contributed by atoms with Gasteiger partial charge in [-0.15, -0.1) is 0 Å².